The zero-order chi connectivity index (χ0) is 8.32. The molecule has 0 aromatic rings. The molecule has 1 aliphatic carbocycles. The van der Waals surface area contributed by atoms with Crippen molar-refractivity contribution in [2.75, 3.05) is 7.11 Å². The Morgan fingerprint density at radius 1 is 1.27 bits per heavy atom. The monoisotopic (exact) mass is 157 g/mol. The first-order chi connectivity index (χ1) is 5.19. The van der Waals surface area contributed by atoms with Crippen molar-refractivity contribution in [3.05, 3.63) is 0 Å². The molecule has 0 amide bonds. The molecule has 0 atom stereocenters. The van der Waals surface area contributed by atoms with Gasteiger partial charge in [-0.05, 0) is 25.7 Å². The molecule has 1 radical (unpaired) electrons. The quantitative estimate of drug-likeness (QED) is 0.538. The first-order valence-corrected chi connectivity index (χ1v) is 3.98. The van der Waals surface area contributed by atoms with Gasteiger partial charge < -0.3 is 4.74 Å². The number of ether oxygens (including phenoxy) is 1. The lowest BCUT2D eigenvalue weighted by molar-refractivity contribution is -0.174. The molecule has 0 N–H and O–H groups in total. The molecule has 0 saturated heterocycles. The molecule has 1 saturated carbocycles. The van der Waals surface area contributed by atoms with E-state index in [-0.39, 0.29) is 0 Å². The number of methoxy groups -OCH3 is 1. The summed E-state index contributed by atoms with van der Waals surface area (Å²) >= 11 is 0. The highest BCUT2D eigenvalue weighted by molar-refractivity contribution is 5.79. The van der Waals surface area contributed by atoms with Crippen LogP contribution < -0.4 is 0 Å². The third-order valence-electron chi connectivity index (χ3n) is 2.22. The first kappa shape index (κ1) is 8.53. The highest BCUT2D eigenvalue weighted by Gasteiger charge is 2.40. The fourth-order valence-corrected chi connectivity index (χ4v) is 1.51. The summed E-state index contributed by atoms with van der Waals surface area (Å²) in [6, 6.07) is 0. The van der Waals surface area contributed by atoms with Gasteiger partial charge in [-0.3, -0.25) is 0 Å². The lowest BCUT2D eigenvalue weighted by Crippen LogP contribution is -2.39. The Labute approximate surface area is 66.4 Å². The number of rotatable bonds is 1. The molecule has 0 aromatic carbocycles. The van der Waals surface area contributed by atoms with Gasteiger partial charge in [-0.1, -0.05) is 6.42 Å². The van der Waals surface area contributed by atoms with Crippen molar-refractivity contribution in [1.82, 2.24) is 0 Å². The third-order valence-corrected chi connectivity index (χ3v) is 2.22. The summed E-state index contributed by atoms with van der Waals surface area (Å²) < 4.78 is 4.44. The number of carbonyl (C=O) groups excluding carboxylic acids is 1. The maximum Gasteiger partial charge on any atom is 0.341 e. The van der Waals surface area contributed by atoms with E-state index >= 15 is 0 Å². The Balaban J connectivity index is 2.56. The number of carbonyl (C=O) groups is 1. The van der Waals surface area contributed by atoms with Gasteiger partial charge in [0.1, 0.15) is 0 Å². The van der Waals surface area contributed by atoms with Crippen LogP contribution >= 0.6 is 0 Å². The van der Waals surface area contributed by atoms with Gasteiger partial charge in [-0.25, -0.2) is 9.90 Å². The summed E-state index contributed by atoms with van der Waals surface area (Å²) in [7, 11) is 1.27. The molecule has 1 rings (SSSR count). The van der Waals surface area contributed by atoms with Gasteiger partial charge in [0.05, 0.1) is 7.11 Å². The van der Waals surface area contributed by atoms with Crippen LogP contribution in [0.4, 0.5) is 0 Å². The van der Waals surface area contributed by atoms with E-state index < -0.39 is 11.6 Å². The maximum absolute atomic E-state index is 11.6. The Bertz CT molecular complexity index is 147. The molecule has 0 unspecified atom stereocenters. The zero-order valence-electron chi connectivity index (χ0n) is 6.76. The van der Waals surface area contributed by atoms with Crippen molar-refractivity contribution in [2.24, 2.45) is 0 Å². The Hall–Kier alpha value is -0.570. The average molecular weight is 157 g/mol. The molecule has 0 spiro atoms. The van der Waals surface area contributed by atoms with Gasteiger partial charge in [0.2, 0.25) is 0 Å². The lowest BCUT2D eigenvalue weighted by Gasteiger charge is -2.26. The van der Waals surface area contributed by atoms with E-state index in [1.165, 1.54) is 7.11 Å². The van der Waals surface area contributed by atoms with Crippen molar-refractivity contribution in [3.63, 3.8) is 0 Å². The molecule has 11 heavy (non-hydrogen) atoms. The van der Waals surface area contributed by atoms with Crippen molar-refractivity contribution in [3.8, 4) is 0 Å². The van der Waals surface area contributed by atoms with Crippen molar-refractivity contribution >= 4 is 5.97 Å². The molecular weight excluding hydrogens is 144 g/mol. The van der Waals surface area contributed by atoms with Gasteiger partial charge >= 0.3 is 5.97 Å². The molecular formula is C8H13O3. The van der Waals surface area contributed by atoms with E-state index in [4.69, 9.17) is 0 Å². The van der Waals surface area contributed by atoms with Crippen LogP contribution in [-0.4, -0.2) is 18.7 Å². The molecule has 0 aromatic heterocycles. The smallest absolute Gasteiger partial charge is 0.341 e. The standard InChI is InChI=1S/C8H13O3/c1-11-7(9)8(10)5-3-2-4-6-8/h2-6H2,1H3. The molecule has 63 valence electrons. The maximum atomic E-state index is 11.6. The highest BCUT2D eigenvalue weighted by Crippen LogP contribution is 2.29. The summed E-state index contributed by atoms with van der Waals surface area (Å²) in [6.07, 6.45) is 3.68. The summed E-state index contributed by atoms with van der Waals surface area (Å²) in [5.74, 6) is -0.586. The Kier molecular flexibility index (Phi) is 2.49. The fraction of sp³-hybridized carbons (Fsp3) is 0.875. The second-order valence-corrected chi connectivity index (χ2v) is 3.05. The average Bonchev–Trinajstić information content (AvgIpc) is 2.04. The van der Waals surface area contributed by atoms with E-state index in [1.807, 2.05) is 0 Å². The van der Waals surface area contributed by atoms with Gasteiger partial charge in [0, 0.05) is 0 Å². The minimum atomic E-state index is -1.42. The van der Waals surface area contributed by atoms with Crippen LogP contribution in [-0.2, 0) is 14.6 Å². The molecule has 0 aliphatic heterocycles. The molecule has 3 nitrogen and oxygen atoms in total. The molecule has 1 fully saturated rings. The van der Waals surface area contributed by atoms with Crippen molar-refractivity contribution < 1.29 is 14.6 Å². The van der Waals surface area contributed by atoms with Crippen LogP contribution in [0.25, 0.3) is 0 Å². The largest absolute Gasteiger partial charge is 0.467 e. The first-order valence-electron chi connectivity index (χ1n) is 3.98. The minimum absolute atomic E-state index is 0.444. The van der Waals surface area contributed by atoms with Crippen LogP contribution in [0.3, 0.4) is 0 Å². The van der Waals surface area contributed by atoms with E-state index in [2.05, 4.69) is 4.74 Å². The SMILES string of the molecule is COC(=O)C1([O])CCCCC1. The van der Waals surface area contributed by atoms with Gasteiger partial charge in [0.15, 0.2) is 5.60 Å². The van der Waals surface area contributed by atoms with Crippen molar-refractivity contribution in [2.45, 2.75) is 37.7 Å². The van der Waals surface area contributed by atoms with Gasteiger partial charge in [-0.15, -0.1) is 0 Å². The number of esters is 1. The second kappa shape index (κ2) is 3.22. The van der Waals surface area contributed by atoms with Crippen molar-refractivity contribution in [1.29, 1.82) is 0 Å². The number of hydrogen-bond acceptors (Lipinski definition) is 2. The third kappa shape index (κ3) is 1.71. The number of hydrogen-bond donors (Lipinski definition) is 0. The summed E-state index contributed by atoms with van der Waals surface area (Å²) in [5, 5.41) is 11.6. The van der Waals surface area contributed by atoms with Gasteiger partial charge in [0.25, 0.3) is 0 Å². The molecule has 0 heterocycles. The van der Waals surface area contributed by atoms with Crippen LogP contribution in [0.2, 0.25) is 0 Å². The van der Waals surface area contributed by atoms with E-state index in [1.54, 1.807) is 0 Å². The summed E-state index contributed by atoms with van der Waals surface area (Å²) in [5.41, 5.74) is -1.42. The predicted octanol–water partition coefficient (Wildman–Crippen LogP) is 1.29. The predicted molar refractivity (Wildman–Crippen MR) is 38.5 cm³/mol. The van der Waals surface area contributed by atoms with E-state index in [0.29, 0.717) is 12.8 Å². The molecule has 0 bridgehead atoms. The molecule has 3 heteroatoms. The van der Waals surface area contributed by atoms with Crippen LogP contribution in [0.15, 0.2) is 0 Å². The van der Waals surface area contributed by atoms with Crippen LogP contribution in [0, 0.1) is 0 Å². The van der Waals surface area contributed by atoms with Crippen LogP contribution in [0.1, 0.15) is 32.1 Å². The zero-order valence-corrected chi connectivity index (χ0v) is 6.76. The van der Waals surface area contributed by atoms with Gasteiger partial charge in [-0.2, -0.15) is 0 Å². The lowest BCUT2D eigenvalue weighted by atomic mass is 9.85. The van der Waals surface area contributed by atoms with E-state index in [0.717, 1.165) is 19.3 Å². The Morgan fingerprint density at radius 3 is 2.27 bits per heavy atom. The van der Waals surface area contributed by atoms with E-state index in [9.17, 15) is 9.90 Å². The fourth-order valence-electron chi connectivity index (χ4n) is 1.51. The summed E-state index contributed by atoms with van der Waals surface area (Å²) in [4.78, 5) is 11.0. The highest BCUT2D eigenvalue weighted by atomic mass is 16.5. The molecule has 1 aliphatic rings. The minimum Gasteiger partial charge on any atom is -0.467 e. The summed E-state index contributed by atoms with van der Waals surface area (Å²) in [6.45, 7) is 0. The second-order valence-electron chi connectivity index (χ2n) is 3.05. The van der Waals surface area contributed by atoms with Crippen LogP contribution in [0.5, 0.6) is 0 Å². The Morgan fingerprint density at radius 2 is 1.82 bits per heavy atom. The normalized spacial score (nSPS) is 22.7. The topological polar surface area (TPSA) is 46.2 Å².